The normalized spacial score (nSPS) is 14.1. The summed E-state index contributed by atoms with van der Waals surface area (Å²) in [4.78, 5) is 48.8. The fourth-order valence-electron chi connectivity index (χ4n) is 2.65. The van der Waals surface area contributed by atoms with E-state index in [9.17, 15) is 19.2 Å². The molecule has 144 valence electrons. The molecular formula is C18H22N4O5. The van der Waals surface area contributed by atoms with E-state index < -0.39 is 42.3 Å². The van der Waals surface area contributed by atoms with E-state index in [1.165, 1.54) is 6.92 Å². The Kier molecular flexibility index (Phi) is 6.67. The highest BCUT2D eigenvalue weighted by molar-refractivity contribution is 5.91. The number of rotatable bonds is 9. The molecule has 0 fully saturated rings. The van der Waals surface area contributed by atoms with Crippen LogP contribution >= 0.6 is 0 Å². The van der Waals surface area contributed by atoms with Gasteiger partial charge in [-0.2, -0.15) is 0 Å². The maximum Gasteiger partial charge on any atom is 0.305 e. The number of hydrogen-bond acceptors (Lipinski definition) is 5. The van der Waals surface area contributed by atoms with Crippen molar-refractivity contribution in [3.05, 3.63) is 36.0 Å². The van der Waals surface area contributed by atoms with E-state index in [1.807, 2.05) is 24.3 Å². The molecule has 27 heavy (non-hydrogen) atoms. The summed E-state index contributed by atoms with van der Waals surface area (Å²) in [7, 11) is 0. The number of amides is 2. The van der Waals surface area contributed by atoms with Crippen molar-refractivity contribution in [3.8, 4) is 0 Å². The summed E-state index contributed by atoms with van der Waals surface area (Å²) < 4.78 is 0. The number of carboxylic acids is 1. The smallest absolute Gasteiger partial charge is 0.305 e. The van der Waals surface area contributed by atoms with Gasteiger partial charge in [0.1, 0.15) is 12.3 Å². The van der Waals surface area contributed by atoms with Crippen molar-refractivity contribution in [1.29, 1.82) is 0 Å². The summed E-state index contributed by atoms with van der Waals surface area (Å²) in [6, 6.07) is 4.61. The fraction of sp³-hybridized carbons (Fsp3) is 0.333. The third kappa shape index (κ3) is 5.38. The zero-order valence-electron chi connectivity index (χ0n) is 14.8. The van der Waals surface area contributed by atoms with Gasteiger partial charge in [-0.3, -0.25) is 14.4 Å². The van der Waals surface area contributed by atoms with E-state index in [1.54, 1.807) is 6.20 Å². The van der Waals surface area contributed by atoms with Gasteiger partial charge in [0.15, 0.2) is 0 Å². The zero-order valence-corrected chi connectivity index (χ0v) is 14.8. The molecule has 0 saturated carbocycles. The Balaban J connectivity index is 1.92. The second-order valence-corrected chi connectivity index (χ2v) is 6.25. The molecule has 2 amide bonds. The lowest BCUT2D eigenvalue weighted by Gasteiger charge is -2.19. The minimum atomic E-state index is -1.22. The fourth-order valence-corrected chi connectivity index (χ4v) is 2.65. The Labute approximate surface area is 155 Å². The summed E-state index contributed by atoms with van der Waals surface area (Å²) in [6.45, 7) is 1.42. The van der Waals surface area contributed by atoms with E-state index >= 15 is 0 Å². The molecule has 9 heteroatoms. The molecular weight excluding hydrogens is 352 g/mol. The molecule has 0 saturated heterocycles. The average molecular weight is 374 g/mol. The molecule has 0 spiro atoms. The molecule has 2 rings (SSSR count). The van der Waals surface area contributed by atoms with Crippen molar-refractivity contribution >= 4 is 35.0 Å². The van der Waals surface area contributed by atoms with Crippen molar-refractivity contribution in [2.75, 3.05) is 0 Å². The quantitative estimate of drug-likeness (QED) is 0.380. The summed E-state index contributed by atoms with van der Waals surface area (Å²) >= 11 is 0. The number of aldehydes is 1. The van der Waals surface area contributed by atoms with Crippen LogP contribution in [0.3, 0.4) is 0 Å². The molecule has 6 N–H and O–H groups in total. The third-order valence-corrected chi connectivity index (χ3v) is 4.09. The summed E-state index contributed by atoms with van der Waals surface area (Å²) in [5.41, 5.74) is 7.77. The lowest BCUT2D eigenvalue weighted by molar-refractivity contribution is -0.139. The van der Waals surface area contributed by atoms with Gasteiger partial charge in [-0.1, -0.05) is 18.2 Å². The Bertz CT molecular complexity index is 847. The minimum Gasteiger partial charge on any atom is -0.481 e. The van der Waals surface area contributed by atoms with E-state index in [0.717, 1.165) is 16.5 Å². The second-order valence-electron chi connectivity index (χ2n) is 6.25. The van der Waals surface area contributed by atoms with Gasteiger partial charge in [0.05, 0.1) is 18.5 Å². The van der Waals surface area contributed by atoms with Gasteiger partial charge >= 0.3 is 5.97 Å². The summed E-state index contributed by atoms with van der Waals surface area (Å²) in [5.74, 6) is -2.41. The molecule has 1 aromatic heterocycles. The van der Waals surface area contributed by atoms with Crippen LogP contribution in [0.5, 0.6) is 0 Å². The molecule has 0 aliphatic rings. The number of aromatic amines is 1. The molecule has 0 unspecified atom stereocenters. The summed E-state index contributed by atoms with van der Waals surface area (Å²) in [6.07, 6.45) is 1.87. The van der Waals surface area contributed by atoms with Crippen LogP contribution in [0.1, 0.15) is 18.9 Å². The van der Waals surface area contributed by atoms with Crippen LogP contribution in [-0.4, -0.2) is 52.3 Å². The van der Waals surface area contributed by atoms with E-state index in [0.29, 0.717) is 6.29 Å². The molecule has 9 nitrogen and oxygen atoms in total. The van der Waals surface area contributed by atoms with E-state index in [2.05, 4.69) is 15.6 Å². The number of fused-ring (bicyclic) bond motifs is 1. The van der Waals surface area contributed by atoms with E-state index in [4.69, 9.17) is 10.8 Å². The number of para-hydroxylation sites is 1. The standard InChI is InChI=1S/C18H22N4O5/c1-10(17(26)22-12(9-23)7-16(24)25)21-18(27)14(19)6-11-8-20-15-5-3-2-4-13(11)15/h2-5,8-10,12,14,20H,6-7,19H2,1H3,(H,21,27)(H,22,26)(H,24,25)/t10-,12-,14-/m0/s1. The number of carboxylic acid groups (broad SMARTS) is 1. The second kappa shape index (κ2) is 8.95. The van der Waals surface area contributed by atoms with Crippen molar-refractivity contribution < 1.29 is 24.3 Å². The number of nitrogens with two attached hydrogens (primary N) is 1. The number of carbonyl (C=O) groups is 4. The zero-order chi connectivity index (χ0) is 20.0. The van der Waals surface area contributed by atoms with Crippen molar-refractivity contribution in [2.24, 2.45) is 5.73 Å². The van der Waals surface area contributed by atoms with E-state index in [-0.39, 0.29) is 6.42 Å². The van der Waals surface area contributed by atoms with Gasteiger partial charge in [-0.15, -0.1) is 0 Å². The number of H-pyrrole nitrogens is 1. The van der Waals surface area contributed by atoms with Gasteiger partial charge < -0.3 is 31.3 Å². The molecule has 0 aliphatic heterocycles. The number of carbonyl (C=O) groups excluding carboxylic acids is 3. The number of nitrogens with one attached hydrogen (secondary N) is 3. The Morgan fingerprint density at radius 2 is 1.93 bits per heavy atom. The van der Waals surface area contributed by atoms with Crippen LogP contribution in [0.4, 0.5) is 0 Å². The van der Waals surface area contributed by atoms with Gasteiger partial charge in [-0.25, -0.2) is 0 Å². The number of hydrogen-bond donors (Lipinski definition) is 5. The van der Waals surface area contributed by atoms with Gasteiger partial charge in [0.2, 0.25) is 11.8 Å². The Morgan fingerprint density at radius 1 is 1.22 bits per heavy atom. The lowest BCUT2D eigenvalue weighted by Crippen LogP contribution is -2.52. The predicted octanol–water partition coefficient (Wildman–Crippen LogP) is -0.299. The number of aromatic nitrogens is 1. The monoisotopic (exact) mass is 374 g/mol. The van der Waals surface area contributed by atoms with Crippen LogP contribution in [0.15, 0.2) is 30.5 Å². The molecule has 2 aromatic rings. The van der Waals surface area contributed by atoms with Crippen LogP contribution in [0.25, 0.3) is 10.9 Å². The maximum atomic E-state index is 12.3. The molecule has 0 radical (unpaired) electrons. The first-order valence-electron chi connectivity index (χ1n) is 8.40. The first kappa shape index (κ1) is 20.1. The number of aliphatic carboxylic acids is 1. The molecule has 0 bridgehead atoms. The first-order chi connectivity index (χ1) is 12.8. The first-order valence-corrected chi connectivity index (χ1v) is 8.40. The lowest BCUT2D eigenvalue weighted by atomic mass is 10.0. The van der Waals surface area contributed by atoms with Crippen molar-refractivity contribution in [2.45, 2.75) is 37.9 Å². The highest BCUT2D eigenvalue weighted by Crippen LogP contribution is 2.18. The van der Waals surface area contributed by atoms with Crippen LogP contribution in [-0.2, 0) is 25.6 Å². The Hall–Kier alpha value is -3.20. The highest BCUT2D eigenvalue weighted by Gasteiger charge is 2.23. The van der Waals surface area contributed by atoms with Gasteiger partial charge in [0.25, 0.3) is 0 Å². The van der Waals surface area contributed by atoms with Crippen LogP contribution < -0.4 is 16.4 Å². The minimum absolute atomic E-state index is 0.278. The van der Waals surface area contributed by atoms with Crippen molar-refractivity contribution in [1.82, 2.24) is 15.6 Å². The molecule has 1 aromatic carbocycles. The maximum absolute atomic E-state index is 12.3. The SMILES string of the molecule is C[C@H](NC(=O)[C@@H](N)Cc1c[nH]c2ccccc12)C(=O)N[C@H](C=O)CC(=O)O. The van der Waals surface area contributed by atoms with Gasteiger partial charge in [0, 0.05) is 17.1 Å². The summed E-state index contributed by atoms with van der Waals surface area (Å²) in [5, 5.41) is 14.4. The largest absolute Gasteiger partial charge is 0.481 e. The van der Waals surface area contributed by atoms with Gasteiger partial charge in [-0.05, 0) is 25.0 Å². The van der Waals surface area contributed by atoms with Crippen LogP contribution in [0, 0.1) is 0 Å². The van der Waals surface area contributed by atoms with Crippen molar-refractivity contribution in [3.63, 3.8) is 0 Å². The third-order valence-electron chi connectivity index (χ3n) is 4.09. The molecule has 0 aliphatic carbocycles. The Morgan fingerprint density at radius 3 is 2.59 bits per heavy atom. The van der Waals surface area contributed by atoms with Crippen LogP contribution in [0.2, 0.25) is 0 Å². The molecule has 3 atom stereocenters. The topological polar surface area (TPSA) is 154 Å². The average Bonchev–Trinajstić information content (AvgIpc) is 3.03. The predicted molar refractivity (Wildman–Crippen MR) is 97.8 cm³/mol. The number of benzene rings is 1. The molecule has 1 heterocycles. The highest BCUT2D eigenvalue weighted by atomic mass is 16.4.